The van der Waals surface area contributed by atoms with Crippen LogP contribution >= 0.6 is 23.2 Å². The van der Waals surface area contributed by atoms with E-state index >= 15 is 0 Å². The molecule has 4 heteroatoms. The number of carbonyl (C=O) groups is 1. The summed E-state index contributed by atoms with van der Waals surface area (Å²) in [7, 11) is 0. The van der Waals surface area contributed by atoms with Gasteiger partial charge in [0.2, 0.25) is 0 Å². The van der Waals surface area contributed by atoms with Crippen molar-refractivity contribution in [2.45, 2.75) is 26.7 Å². The molecular formula is C18H19Cl2NO. The summed E-state index contributed by atoms with van der Waals surface area (Å²) in [5, 5.41) is 3.78. The minimum atomic E-state index is -0.218. The topological polar surface area (TPSA) is 29.1 Å². The lowest BCUT2D eigenvalue weighted by atomic mass is 9.98. The summed E-state index contributed by atoms with van der Waals surface area (Å²) in [6.07, 6.45) is 2.14. The summed E-state index contributed by atoms with van der Waals surface area (Å²) < 4.78 is 0. The molecule has 1 unspecified atom stereocenters. The molecule has 0 aliphatic rings. The zero-order chi connectivity index (χ0) is 16.1. The lowest BCUT2D eigenvalue weighted by molar-refractivity contribution is 0.102. The summed E-state index contributed by atoms with van der Waals surface area (Å²) in [6.45, 7) is 4.40. The minimum Gasteiger partial charge on any atom is -0.322 e. The third-order valence-corrected chi connectivity index (χ3v) is 4.03. The van der Waals surface area contributed by atoms with E-state index in [9.17, 15) is 4.79 Å². The van der Waals surface area contributed by atoms with Crippen LogP contribution in [0.1, 0.15) is 36.2 Å². The van der Waals surface area contributed by atoms with Gasteiger partial charge < -0.3 is 5.32 Å². The fraction of sp³-hybridized carbons (Fsp3) is 0.278. The molecule has 1 amide bonds. The van der Waals surface area contributed by atoms with E-state index < -0.39 is 0 Å². The molecule has 0 heterocycles. The van der Waals surface area contributed by atoms with E-state index in [1.54, 1.807) is 18.2 Å². The Balaban J connectivity index is 2.12. The van der Waals surface area contributed by atoms with Gasteiger partial charge in [0.25, 0.3) is 5.91 Å². The van der Waals surface area contributed by atoms with E-state index in [-0.39, 0.29) is 5.91 Å². The molecular weight excluding hydrogens is 317 g/mol. The largest absolute Gasteiger partial charge is 0.322 e. The predicted octanol–water partition coefficient (Wildman–Crippen LogP) is 5.83. The average molecular weight is 336 g/mol. The maximum atomic E-state index is 12.3. The highest BCUT2D eigenvalue weighted by molar-refractivity contribution is 6.35. The first-order chi connectivity index (χ1) is 10.5. The third-order valence-electron chi connectivity index (χ3n) is 3.59. The molecule has 0 bridgehead atoms. The lowest BCUT2D eigenvalue weighted by Gasteiger charge is -2.11. The molecule has 0 aliphatic heterocycles. The number of anilines is 1. The zero-order valence-electron chi connectivity index (χ0n) is 12.7. The number of hydrogen-bond acceptors (Lipinski definition) is 1. The van der Waals surface area contributed by atoms with Crippen LogP contribution in [0.15, 0.2) is 42.5 Å². The number of nitrogens with one attached hydrogen (secondary N) is 1. The van der Waals surface area contributed by atoms with Crippen molar-refractivity contribution in [3.63, 3.8) is 0 Å². The highest BCUT2D eigenvalue weighted by Crippen LogP contribution is 2.21. The van der Waals surface area contributed by atoms with Crippen LogP contribution in [-0.4, -0.2) is 5.91 Å². The van der Waals surface area contributed by atoms with E-state index in [1.807, 2.05) is 18.2 Å². The average Bonchev–Trinajstić information content (AvgIpc) is 2.46. The summed E-state index contributed by atoms with van der Waals surface area (Å²) in [5.41, 5.74) is 2.45. The van der Waals surface area contributed by atoms with Crippen LogP contribution in [0.3, 0.4) is 0 Å². The Hall–Kier alpha value is -1.51. The second-order valence-electron chi connectivity index (χ2n) is 5.53. The molecule has 0 spiro atoms. The van der Waals surface area contributed by atoms with Crippen molar-refractivity contribution in [1.29, 1.82) is 0 Å². The van der Waals surface area contributed by atoms with Crippen LogP contribution in [-0.2, 0) is 6.42 Å². The molecule has 2 rings (SSSR count). The van der Waals surface area contributed by atoms with E-state index in [0.717, 1.165) is 18.5 Å². The SMILES string of the molecule is CCC(C)Cc1cccc(NC(=O)c2cc(Cl)cc(Cl)c2)c1. The number of benzene rings is 2. The first kappa shape index (κ1) is 16.9. The Morgan fingerprint density at radius 3 is 2.45 bits per heavy atom. The molecule has 2 aromatic rings. The maximum absolute atomic E-state index is 12.3. The number of hydrogen-bond donors (Lipinski definition) is 1. The van der Waals surface area contributed by atoms with Crippen LogP contribution < -0.4 is 5.32 Å². The van der Waals surface area contributed by atoms with Crippen LogP contribution in [0.4, 0.5) is 5.69 Å². The van der Waals surface area contributed by atoms with E-state index in [2.05, 4.69) is 25.2 Å². The van der Waals surface area contributed by atoms with Gasteiger partial charge in [-0.1, -0.05) is 55.6 Å². The Morgan fingerprint density at radius 2 is 1.82 bits per heavy atom. The maximum Gasteiger partial charge on any atom is 0.255 e. The number of rotatable bonds is 5. The van der Waals surface area contributed by atoms with Gasteiger partial charge in [-0.05, 0) is 48.2 Å². The van der Waals surface area contributed by atoms with Crippen LogP contribution in [0.2, 0.25) is 10.0 Å². The van der Waals surface area contributed by atoms with Gasteiger partial charge in [-0.3, -0.25) is 4.79 Å². The van der Waals surface area contributed by atoms with Gasteiger partial charge in [0, 0.05) is 21.3 Å². The first-order valence-corrected chi connectivity index (χ1v) is 8.10. The monoisotopic (exact) mass is 335 g/mol. The van der Waals surface area contributed by atoms with E-state index in [4.69, 9.17) is 23.2 Å². The molecule has 22 heavy (non-hydrogen) atoms. The van der Waals surface area contributed by atoms with Crippen molar-refractivity contribution in [3.8, 4) is 0 Å². The molecule has 0 radical (unpaired) electrons. The van der Waals surface area contributed by atoms with Gasteiger partial charge in [0.1, 0.15) is 0 Å². The second-order valence-corrected chi connectivity index (χ2v) is 6.40. The van der Waals surface area contributed by atoms with Crippen LogP contribution in [0.5, 0.6) is 0 Å². The smallest absolute Gasteiger partial charge is 0.255 e. The fourth-order valence-electron chi connectivity index (χ4n) is 2.21. The highest BCUT2D eigenvalue weighted by Gasteiger charge is 2.09. The van der Waals surface area contributed by atoms with Crippen molar-refractivity contribution < 1.29 is 4.79 Å². The molecule has 1 atom stereocenters. The molecule has 0 aliphatic carbocycles. The second kappa shape index (κ2) is 7.66. The van der Waals surface area contributed by atoms with Crippen LogP contribution in [0.25, 0.3) is 0 Å². The Bertz CT molecular complexity index is 650. The zero-order valence-corrected chi connectivity index (χ0v) is 14.2. The molecule has 2 nitrogen and oxygen atoms in total. The van der Waals surface area contributed by atoms with Gasteiger partial charge in [-0.2, -0.15) is 0 Å². The summed E-state index contributed by atoms with van der Waals surface area (Å²) >= 11 is 11.9. The van der Waals surface area contributed by atoms with Gasteiger partial charge in [0.15, 0.2) is 0 Å². The van der Waals surface area contributed by atoms with Crippen molar-refractivity contribution in [2.75, 3.05) is 5.32 Å². The number of carbonyl (C=O) groups excluding carboxylic acids is 1. The standard InChI is InChI=1S/C18H19Cl2NO/c1-3-12(2)7-13-5-4-6-17(8-13)21-18(22)14-9-15(19)11-16(20)10-14/h4-6,8-12H,3,7H2,1-2H3,(H,21,22). The van der Waals surface area contributed by atoms with Gasteiger partial charge in [-0.15, -0.1) is 0 Å². The molecule has 116 valence electrons. The molecule has 0 aromatic heterocycles. The Labute approximate surface area is 141 Å². The van der Waals surface area contributed by atoms with Crippen molar-refractivity contribution >= 4 is 34.8 Å². The van der Waals surface area contributed by atoms with Crippen molar-refractivity contribution in [1.82, 2.24) is 0 Å². The lowest BCUT2D eigenvalue weighted by Crippen LogP contribution is -2.12. The van der Waals surface area contributed by atoms with E-state index in [0.29, 0.717) is 21.5 Å². The summed E-state index contributed by atoms with van der Waals surface area (Å²) in [5.74, 6) is 0.405. The quantitative estimate of drug-likeness (QED) is 0.731. The molecule has 0 saturated heterocycles. The fourth-order valence-corrected chi connectivity index (χ4v) is 2.74. The van der Waals surface area contributed by atoms with Gasteiger partial charge >= 0.3 is 0 Å². The molecule has 0 fully saturated rings. The highest BCUT2D eigenvalue weighted by atomic mass is 35.5. The summed E-state index contributed by atoms with van der Waals surface area (Å²) in [4.78, 5) is 12.3. The van der Waals surface area contributed by atoms with Crippen molar-refractivity contribution in [2.24, 2.45) is 5.92 Å². The van der Waals surface area contributed by atoms with E-state index in [1.165, 1.54) is 5.56 Å². The van der Waals surface area contributed by atoms with Crippen LogP contribution in [0, 0.1) is 5.92 Å². The van der Waals surface area contributed by atoms with Gasteiger partial charge in [-0.25, -0.2) is 0 Å². The van der Waals surface area contributed by atoms with Crippen molar-refractivity contribution in [3.05, 3.63) is 63.6 Å². The van der Waals surface area contributed by atoms with Gasteiger partial charge in [0.05, 0.1) is 0 Å². The summed E-state index contributed by atoms with van der Waals surface area (Å²) in [6, 6.07) is 12.7. The Morgan fingerprint density at radius 1 is 1.14 bits per heavy atom. The molecule has 1 N–H and O–H groups in total. The third kappa shape index (κ3) is 4.75. The molecule has 0 saturated carbocycles. The number of halogens is 2. The Kier molecular flexibility index (Phi) is 5.87. The predicted molar refractivity (Wildman–Crippen MR) is 94.0 cm³/mol. The normalized spacial score (nSPS) is 12.0. The minimum absolute atomic E-state index is 0.218. The first-order valence-electron chi connectivity index (χ1n) is 7.34. The molecule has 2 aromatic carbocycles. The number of amides is 1.